The van der Waals surface area contributed by atoms with Crippen LogP contribution in [0.3, 0.4) is 0 Å². The summed E-state index contributed by atoms with van der Waals surface area (Å²) in [5, 5.41) is 15.5. The number of pyridine rings is 2. The van der Waals surface area contributed by atoms with Crippen molar-refractivity contribution in [1.29, 1.82) is 5.26 Å². The second-order valence-corrected chi connectivity index (χ2v) is 9.90. The fourth-order valence-corrected chi connectivity index (χ4v) is 4.72. The van der Waals surface area contributed by atoms with E-state index in [1.54, 1.807) is 12.1 Å². The molecular weight excluding hydrogens is 517 g/mol. The molecule has 0 aliphatic carbocycles. The molecule has 0 bridgehead atoms. The Morgan fingerprint density at radius 1 is 1.07 bits per heavy atom. The number of rotatable bonds is 10. The van der Waals surface area contributed by atoms with Crippen LogP contribution in [0.15, 0.2) is 78.0 Å². The molecule has 8 nitrogen and oxygen atoms in total. The number of amides is 1. The van der Waals surface area contributed by atoms with E-state index in [4.69, 9.17) is 5.73 Å². The number of carbonyl (C=O) groups is 1. The number of hydrogen-bond acceptors (Lipinski definition) is 7. The Kier molecular flexibility index (Phi) is 8.42. The smallest absolute Gasteiger partial charge is 0.255 e. The molecule has 0 spiro atoms. The third kappa shape index (κ3) is 6.45. The molecule has 1 aliphatic heterocycles. The van der Waals surface area contributed by atoms with Gasteiger partial charge in [0.25, 0.3) is 5.91 Å². The van der Waals surface area contributed by atoms with Gasteiger partial charge in [0.2, 0.25) is 0 Å². The zero-order valence-corrected chi connectivity index (χ0v) is 22.7. The van der Waals surface area contributed by atoms with E-state index in [2.05, 4.69) is 31.7 Å². The van der Waals surface area contributed by atoms with E-state index in [0.29, 0.717) is 25.5 Å². The number of nitriles is 1. The van der Waals surface area contributed by atoms with Gasteiger partial charge in [0.15, 0.2) is 0 Å². The molecule has 0 unspecified atom stereocenters. The van der Waals surface area contributed by atoms with Crippen LogP contribution in [-0.2, 0) is 13.1 Å². The molecule has 1 atom stereocenters. The van der Waals surface area contributed by atoms with Crippen LogP contribution in [0.4, 0.5) is 10.2 Å². The van der Waals surface area contributed by atoms with Crippen molar-refractivity contribution in [2.75, 3.05) is 11.9 Å². The SMILES string of the molecule is C[C@H](NC(=O)c1cc(C#N)cnc1NCc1ccc(-c2cnc3c(c2)C(CCCN)=NC3)cc1)c1ccc(F)cc1. The number of anilines is 1. The number of nitrogens with zero attached hydrogens (tertiary/aromatic N) is 4. The van der Waals surface area contributed by atoms with Gasteiger partial charge in [-0.2, -0.15) is 5.26 Å². The third-order valence-electron chi connectivity index (χ3n) is 7.04. The molecule has 206 valence electrons. The highest BCUT2D eigenvalue weighted by atomic mass is 19.1. The van der Waals surface area contributed by atoms with Gasteiger partial charge >= 0.3 is 0 Å². The fourth-order valence-electron chi connectivity index (χ4n) is 4.72. The van der Waals surface area contributed by atoms with E-state index >= 15 is 0 Å². The van der Waals surface area contributed by atoms with Gasteiger partial charge in [-0.15, -0.1) is 0 Å². The summed E-state index contributed by atoms with van der Waals surface area (Å²) in [6.07, 6.45) is 5.06. The molecule has 1 aliphatic rings. The molecule has 0 radical (unpaired) electrons. The number of benzene rings is 2. The second-order valence-electron chi connectivity index (χ2n) is 9.90. The summed E-state index contributed by atoms with van der Waals surface area (Å²) < 4.78 is 13.3. The predicted molar refractivity (Wildman–Crippen MR) is 157 cm³/mol. The van der Waals surface area contributed by atoms with Crippen LogP contribution in [0.1, 0.15) is 64.1 Å². The van der Waals surface area contributed by atoms with Crippen LogP contribution in [0.5, 0.6) is 0 Å². The molecule has 41 heavy (non-hydrogen) atoms. The summed E-state index contributed by atoms with van der Waals surface area (Å²) >= 11 is 0. The largest absolute Gasteiger partial charge is 0.365 e. The number of aliphatic imine (C=N–C) groups is 1. The van der Waals surface area contributed by atoms with Gasteiger partial charge in [-0.3, -0.25) is 14.8 Å². The summed E-state index contributed by atoms with van der Waals surface area (Å²) in [5.41, 5.74) is 13.2. The lowest BCUT2D eigenvalue weighted by atomic mass is 10.00. The van der Waals surface area contributed by atoms with Crippen molar-refractivity contribution < 1.29 is 9.18 Å². The van der Waals surface area contributed by atoms with Crippen molar-refractivity contribution in [2.45, 2.75) is 38.9 Å². The monoisotopic (exact) mass is 547 g/mol. The molecule has 3 heterocycles. The summed E-state index contributed by atoms with van der Waals surface area (Å²) in [7, 11) is 0. The lowest BCUT2D eigenvalue weighted by Crippen LogP contribution is -2.28. The van der Waals surface area contributed by atoms with Crippen LogP contribution in [0.25, 0.3) is 11.1 Å². The zero-order chi connectivity index (χ0) is 28.8. The van der Waals surface area contributed by atoms with Crippen molar-refractivity contribution in [2.24, 2.45) is 10.7 Å². The molecule has 2 aromatic carbocycles. The highest BCUT2D eigenvalue weighted by Gasteiger charge is 2.19. The van der Waals surface area contributed by atoms with Crippen molar-refractivity contribution >= 4 is 17.4 Å². The van der Waals surface area contributed by atoms with E-state index in [9.17, 15) is 14.4 Å². The molecular formula is C32H30FN7O. The first kappa shape index (κ1) is 27.6. The number of fused-ring (bicyclic) bond motifs is 1. The van der Waals surface area contributed by atoms with Crippen LogP contribution < -0.4 is 16.4 Å². The van der Waals surface area contributed by atoms with Crippen molar-refractivity contribution in [3.05, 3.63) is 112 Å². The number of nitrogens with one attached hydrogen (secondary N) is 2. The minimum atomic E-state index is -0.386. The maximum absolute atomic E-state index is 13.3. The standard InChI is InChI=1S/C32H30FN7O/c1-20(23-8-10-26(33)11-9-23)40-32(41)28-13-22(15-35)17-39-31(28)38-16-21-4-6-24(7-5-21)25-14-27-29(3-2-12-34)37-19-30(27)36-18-25/h4-11,13-14,17-18,20H,2-3,12,16,19,34H2,1H3,(H,38,39)(H,40,41)/t20-/m0/s1. The Labute approximate surface area is 238 Å². The predicted octanol–water partition coefficient (Wildman–Crippen LogP) is 5.30. The maximum Gasteiger partial charge on any atom is 0.255 e. The van der Waals surface area contributed by atoms with E-state index in [1.807, 2.05) is 43.5 Å². The van der Waals surface area contributed by atoms with Gasteiger partial charge in [-0.1, -0.05) is 36.4 Å². The third-order valence-corrected chi connectivity index (χ3v) is 7.04. The van der Waals surface area contributed by atoms with Crippen LogP contribution >= 0.6 is 0 Å². The molecule has 4 aromatic rings. The van der Waals surface area contributed by atoms with Crippen molar-refractivity contribution in [3.8, 4) is 17.2 Å². The first-order chi connectivity index (χ1) is 19.9. The molecule has 4 N–H and O–H groups in total. The molecule has 5 rings (SSSR count). The van der Waals surface area contributed by atoms with Gasteiger partial charge in [-0.05, 0) is 67.3 Å². The lowest BCUT2D eigenvalue weighted by molar-refractivity contribution is 0.0940. The van der Waals surface area contributed by atoms with Crippen LogP contribution in [0, 0.1) is 17.1 Å². The highest BCUT2D eigenvalue weighted by Crippen LogP contribution is 2.27. The van der Waals surface area contributed by atoms with Gasteiger partial charge in [0, 0.05) is 35.8 Å². The Morgan fingerprint density at radius 3 is 2.59 bits per heavy atom. The lowest BCUT2D eigenvalue weighted by Gasteiger charge is -2.16. The van der Waals surface area contributed by atoms with Crippen molar-refractivity contribution in [3.63, 3.8) is 0 Å². The number of nitrogens with two attached hydrogens (primary N) is 1. The van der Waals surface area contributed by atoms with E-state index in [-0.39, 0.29) is 28.9 Å². The minimum Gasteiger partial charge on any atom is -0.365 e. The van der Waals surface area contributed by atoms with E-state index in [0.717, 1.165) is 52.1 Å². The highest BCUT2D eigenvalue weighted by molar-refractivity contribution is 6.04. The number of hydrogen-bond donors (Lipinski definition) is 3. The Morgan fingerprint density at radius 2 is 1.85 bits per heavy atom. The zero-order valence-electron chi connectivity index (χ0n) is 22.7. The Hall–Kier alpha value is -4.94. The van der Waals surface area contributed by atoms with Gasteiger partial charge in [-0.25, -0.2) is 9.37 Å². The number of aromatic nitrogens is 2. The van der Waals surface area contributed by atoms with Crippen LogP contribution in [-0.4, -0.2) is 28.1 Å². The summed E-state index contributed by atoms with van der Waals surface area (Å²) in [6.45, 7) is 3.49. The van der Waals surface area contributed by atoms with E-state index < -0.39 is 0 Å². The van der Waals surface area contributed by atoms with Crippen molar-refractivity contribution in [1.82, 2.24) is 15.3 Å². The summed E-state index contributed by atoms with van der Waals surface area (Å²) in [4.78, 5) is 26.8. The molecule has 1 amide bonds. The average molecular weight is 548 g/mol. The van der Waals surface area contributed by atoms with Gasteiger partial charge in [0.1, 0.15) is 17.7 Å². The molecule has 9 heteroatoms. The first-order valence-corrected chi connectivity index (χ1v) is 13.5. The maximum atomic E-state index is 13.3. The molecule has 0 fully saturated rings. The second kappa shape index (κ2) is 12.5. The van der Waals surface area contributed by atoms with Crippen LogP contribution in [0.2, 0.25) is 0 Å². The fraction of sp³-hybridized carbons (Fsp3) is 0.219. The first-order valence-electron chi connectivity index (χ1n) is 13.5. The number of halogens is 1. The topological polar surface area (TPSA) is 129 Å². The quantitative estimate of drug-likeness (QED) is 0.247. The average Bonchev–Trinajstić information content (AvgIpc) is 3.41. The van der Waals surface area contributed by atoms with E-state index in [1.165, 1.54) is 24.4 Å². The Bertz CT molecular complexity index is 1630. The molecule has 0 saturated heterocycles. The molecule has 0 saturated carbocycles. The number of carbonyl (C=O) groups excluding carboxylic acids is 1. The van der Waals surface area contributed by atoms with Gasteiger partial charge < -0.3 is 16.4 Å². The minimum absolute atomic E-state index is 0.256. The molecule has 2 aromatic heterocycles. The summed E-state index contributed by atoms with van der Waals surface area (Å²) in [6, 6.07) is 19.4. The Balaban J connectivity index is 1.28. The normalized spacial score (nSPS) is 12.7. The summed E-state index contributed by atoms with van der Waals surface area (Å²) in [5.74, 6) is -0.365. The van der Waals surface area contributed by atoms with Gasteiger partial charge in [0.05, 0.1) is 29.4 Å².